The Morgan fingerprint density at radius 1 is 1.00 bits per heavy atom. The molecule has 2 N–H and O–H groups in total. The number of carbonyl (C=O) groups is 1. The minimum Gasteiger partial charge on any atom is -0.492 e. The van der Waals surface area contributed by atoms with Crippen molar-refractivity contribution in [1.82, 2.24) is 0 Å². The second-order valence-corrected chi connectivity index (χ2v) is 9.09. The highest BCUT2D eigenvalue weighted by Crippen LogP contribution is 2.31. The lowest BCUT2D eigenvalue weighted by molar-refractivity contribution is 0.102. The van der Waals surface area contributed by atoms with Gasteiger partial charge in [-0.3, -0.25) is 9.52 Å². The third-order valence-corrected chi connectivity index (χ3v) is 6.19. The molecule has 3 aromatic carbocycles. The Morgan fingerprint density at radius 3 is 2.28 bits per heavy atom. The molecule has 168 valence electrons. The monoisotopic (exact) mass is 456 g/mol. The number of hydrogen-bond acceptors (Lipinski definition) is 4. The predicted molar refractivity (Wildman–Crippen MR) is 123 cm³/mol. The molecule has 0 unspecified atom stereocenters. The van der Waals surface area contributed by atoms with Crippen molar-refractivity contribution >= 4 is 27.3 Å². The van der Waals surface area contributed by atoms with E-state index >= 15 is 0 Å². The van der Waals surface area contributed by atoms with Gasteiger partial charge >= 0.3 is 0 Å². The molecule has 0 atom stereocenters. The highest BCUT2D eigenvalue weighted by atomic mass is 32.2. The van der Waals surface area contributed by atoms with Gasteiger partial charge in [0.1, 0.15) is 11.6 Å². The number of nitrogens with one attached hydrogen (secondary N) is 2. The second-order valence-electron chi connectivity index (χ2n) is 7.40. The lowest BCUT2D eigenvalue weighted by Crippen LogP contribution is -2.17. The molecule has 0 saturated heterocycles. The Morgan fingerprint density at radius 2 is 1.66 bits per heavy atom. The van der Waals surface area contributed by atoms with Crippen molar-refractivity contribution in [3.05, 3.63) is 82.7 Å². The molecule has 32 heavy (non-hydrogen) atoms. The number of halogens is 1. The number of aryl methyl sites for hydroxylation is 3. The third-order valence-electron chi connectivity index (χ3n) is 4.84. The van der Waals surface area contributed by atoms with Crippen LogP contribution in [0.3, 0.4) is 0 Å². The van der Waals surface area contributed by atoms with Gasteiger partial charge in [-0.25, -0.2) is 12.8 Å². The maximum absolute atomic E-state index is 14.0. The number of amides is 1. The highest BCUT2D eigenvalue weighted by Gasteiger charge is 2.21. The summed E-state index contributed by atoms with van der Waals surface area (Å²) in [4.78, 5) is 12.5. The van der Waals surface area contributed by atoms with Crippen molar-refractivity contribution < 1.29 is 22.3 Å². The molecule has 0 saturated carbocycles. The lowest BCUT2D eigenvalue weighted by Gasteiger charge is -2.16. The summed E-state index contributed by atoms with van der Waals surface area (Å²) in [6.45, 7) is 7.66. The number of carbonyl (C=O) groups excluding carboxylic acids is 1. The van der Waals surface area contributed by atoms with E-state index in [4.69, 9.17) is 4.74 Å². The second kappa shape index (κ2) is 9.40. The van der Waals surface area contributed by atoms with Gasteiger partial charge in [0.05, 0.1) is 28.4 Å². The lowest BCUT2D eigenvalue weighted by atomic mass is 10.1. The van der Waals surface area contributed by atoms with Crippen LogP contribution in [0, 0.1) is 26.6 Å². The van der Waals surface area contributed by atoms with Crippen LogP contribution in [-0.2, 0) is 10.0 Å². The zero-order valence-electron chi connectivity index (χ0n) is 18.3. The number of sulfonamides is 1. The van der Waals surface area contributed by atoms with E-state index in [1.807, 2.05) is 32.9 Å². The summed E-state index contributed by atoms with van der Waals surface area (Å²) in [5.41, 5.74) is 3.09. The molecule has 6 nitrogen and oxygen atoms in total. The van der Waals surface area contributed by atoms with Crippen LogP contribution in [0.5, 0.6) is 5.75 Å². The Labute approximate surface area is 187 Å². The average Bonchev–Trinajstić information content (AvgIpc) is 2.72. The molecule has 0 aliphatic carbocycles. The van der Waals surface area contributed by atoms with Gasteiger partial charge < -0.3 is 10.1 Å². The van der Waals surface area contributed by atoms with Crippen LogP contribution in [0.2, 0.25) is 0 Å². The zero-order valence-corrected chi connectivity index (χ0v) is 19.1. The number of benzene rings is 3. The Kier molecular flexibility index (Phi) is 6.84. The SMILES string of the molecule is CCOc1ccc(S(=O)(=O)Nc2c(C)cc(C)cc2C)cc1NC(=O)c1ccccc1F. The van der Waals surface area contributed by atoms with Gasteiger partial charge in [0.15, 0.2) is 0 Å². The molecule has 0 heterocycles. The summed E-state index contributed by atoms with van der Waals surface area (Å²) < 4.78 is 48.4. The van der Waals surface area contributed by atoms with Gasteiger partial charge in [0, 0.05) is 0 Å². The predicted octanol–water partition coefficient (Wildman–Crippen LogP) is 5.20. The van der Waals surface area contributed by atoms with Crippen LogP contribution in [0.4, 0.5) is 15.8 Å². The maximum atomic E-state index is 14.0. The zero-order chi connectivity index (χ0) is 23.5. The van der Waals surface area contributed by atoms with Crippen molar-refractivity contribution in [3.63, 3.8) is 0 Å². The maximum Gasteiger partial charge on any atom is 0.261 e. The first kappa shape index (κ1) is 23.3. The van der Waals surface area contributed by atoms with Crippen LogP contribution in [0.25, 0.3) is 0 Å². The fraction of sp³-hybridized carbons (Fsp3) is 0.208. The van der Waals surface area contributed by atoms with E-state index in [9.17, 15) is 17.6 Å². The summed E-state index contributed by atoms with van der Waals surface area (Å²) in [5, 5.41) is 2.56. The molecular formula is C24H25FN2O4S. The normalized spacial score (nSPS) is 11.2. The minimum atomic E-state index is -3.96. The number of anilines is 2. The van der Waals surface area contributed by atoms with Crippen LogP contribution in [0.1, 0.15) is 34.0 Å². The van der Waals surface area contributed by atoms with E-state index in [1.54, 1.807) is 13.0 Å². The van der Waals surface area contributed by atoms with E-state index in [0.717, 1.165) is 16.7 Å². The first-order valence-corrected chi connectivity index (χ1v) is 11.5. The minimum absolute atomic E-state index is 0.0656. The summed E-state index contributed by atoms with van der Waals surface area (Å²) >= 11 is 0. The topological polar surface area (TPSA) is 84.5 Å². The summed E-state index contributed by atoms with van der Waals surface area (Å²) in [5.74, 6) is -1.12. The molecule has 0 aromatic heterocycles. The van der Waals surface area contributed by atoms with Crippen molar-refractivity contribution in [1.29, 1.82) is 0 Å². The largest absolute Gasteiger partial charge is 0.492 e. The number of ether oxygens (including phenoxy) is 1. The Hall–Kier alpha value is -3.39. The molecule has 0 aliphatic rings. The van der Waals surface area contributed by atoms with Gasteiger partial charge in [0.25, 0.3) is 15.9 Å². The first-order valence-electron chi connectivity index (χ1n) is 10.1. The van der Waals surface area contributed by atoms with Crippen LogP contribution in [-0.4, -0.2) is 20.9 Å². The number of hydrogen-bond donors (Lipinski definition) is 2. The van der Waals surface area contributed by atoms with Crippen LogP contribution in [0.15, 0.2) is 59.5 Å². The van der Waals surface area contributed by atoms with Crippen molar-refractivity contribution in [2.24, 2.45) is 0 Å². The molecule has 8 heteroatoms. The van der Waals surface area contributed by atoms with Crippen molar-refractivity contribution in [2.45, 2.75) is 32.6 Å². The molecule has 1 amide bonds. The molecular weight excluding hydrogens is 431 g/mol. The number of rotatable bonds is 7. The standard InChI is InChI=1S/C24H25FN2O4S/c1-5-31-22-11-10-18(14-21(22)26-24(28)19-8-6-7-9-20(19)25)32(29,30)27-23-16(3)12-15(2)13-17(23)4/h6-14,27H,5H2,1-4H3,(H,26,28). The van der Waals surface area contributed by atoms with Gasteiger partial charge in [-0.2, -0.15) is 0 Å². The summed E-state index contributed by atoms with van der Waals surface area (Å²) in [7, 11) is -3.96. The Balaban J connectivity index is 1.98. The quantitative estimate of drug-likeness (QED) is 0.512. The van der Waals surface area contributed by atoms with E-state index in [-0.39, 0.29) is 21.9 Å². The fourth-order valence-electron chi connectivity index (χ4n) is 3.42. The Bertz CT molecular complexity index is 1250. The fourth-order valence-corrected chi connectivity index (χ4v) is 4.65. The van der Waals surface area contributed by atoms with Gasteiger partial charge in [-0.05, 0) is 69.2 Å². The average molecular weight is 457 g/mol. The molecule has 3 rings (SSSR count). The van der Waals surface area contributed by atoms with Gasteiger partial charge in [0.2, 0.25) is 0 Å². The first-order chi connectivity index (χ1) is 15.1. The smallest absolute Gasteiger partial charge is 0.261 e. The summed E-state index contributed by atoms with van der Waals surface area (Å²) in [6, 6.07) is 13.5. The van der Waals surface area contributed by atoms with Crippen LogP contribution < -0.4 is 14.8 Å². The summed E-state index contributed by atoms with van der Waals surface area (Å²) in [6.07, 6.45) is 0. The van der Waals surface area contributed by atoms with Crippen molar-refractivity contribution in [3.8, 4) is 5.75 Å². The molecule has 0 radical (unpaired) electrons. The van der Waals surface area contributed by atoms with Gasteiger partial charge in [-0.15, -0.1) is 0 Å². The molecule has 0 bridgehead atoms. The van der Waals surface area contributed by atoms with Gasteiger partial charge in [-0.1, -0.05) is 29.8 Å². The van der Waals surface area contributed by atoms with E-state index < -0.39 is 21.7 Å². The third kappa shape index (κ3) is 5.08. The molecule has 0 aliphatic heterocycles. The molecule has 3 aromatic rings. The molecule has 0 spiro atoms. The van der Waals surface area contributed by atoms with E-state index in [0.29, 0.717) is 12.3 Å². The highest BCUT2D eigenvalue weighted by molar-refractivity contribution is 7.92. The van der Waals surface area contributed by atoms with E-state index in [2.05, 4.69) is 10.0 Å². The van der Waals surface area contributed by atoms with E-state index in [1.165, 1.54) is 36.4 Å². The van der Waals surface area contributed by atoms with Crippen LogP contribution >= 0.6 is 0 Å². The van der Waals surface area contributed by atoms with Crippen molar-refractivity contribution in [2.75, 3.05) is 16.6 Å². The molecule has 0 fully saturated rings.